The molecule has 1 aliphatic heterocycles. The van der Waals surface area contributed by atoms with Crippen LogP contribution in [0.1, 0.15) is 18.9 Å². The molecule has 0 radical (unpaired) electrons. The van der Waals surface area contributed by atoms with Gasteiger partial charge >= 0.3 is 0 Å². The molecule has 1 saturated heterocycles. The maximum absolute atomic E-state index is 13.2. The number of aliphatic hydroxyl groups is 1. The topological polar surface area (TPSA) is 29.5 Å². The highest BCUT2D eigenvalue weighted by Crippen LogP contribution is 2.39. The molecule has 2 rings (SSSR count). The lowest BCUT2D eigenvalue weighted by Crippen LogP contribution is -2.35. The van der Waals surface area contributed by atoms with Crippen molar-refractivity contribution in [3.05, 3.63) is 34.6 Å². The van der Waals surface area contributed by atoms with Gasteiger partial charge in [-0.15, -0.1) is 0 Å². The van der Waals surface area contributed by atoms with Crippen LogP contribution in [0.15, 0.2) is 18.2 Å². The first-order valence-corrected chi connectivity index (χ1v) is 6.11. The number of aliphatic hydroxyl groups excluding tert-OH is 1. The third-order valence-electron chi connectivity index (χ3n) is 3.70. The molecule has 1 aliphatic rings. The van der Waals surface area contributed by atoms with Crippen molar-refractivity contribution in [1.82, 2.24) is 0 Å². The van der Waals surface area contributed by atoms with Crippen LogP contribution in [0, 0.1) is 11.2 Å². The van der Waals surface area contributed by atoms with Crippen LogP contribution >= 0.6 is 11.6 Å². The van der Waals surface area contributed by atoms with E-state index in [-0.39, 0.29) is 23.9 Å². The molecule has 2 atom stereocenters. The summed E-state index contributed by atoms with van der Waals surface area (Å²) in [6, 6.07) is 4.33. The summed E-state index contributed by atoms with van der Waals surface area (Å²) in [7, 11) is 0. The minimum absolute atomic E-state index is 0.0288. The van der Waals surface area contributed by atoms with Gasteiger partial charge in [0.25, 0.3) is 0 Å². The molecule has 1 heterocycles. The van der Waals surface area contributed by atoms with Crippen molar-refractivity contribution in [2.45, 2.75) is 25.9 Å². The maximum atomic E-state index is 13.2. The quantitative estimate of drug-likeness (QED) is 0.903. The second kappa shape index (κ2) is 4.92. The van der Waals surface area contributed by atoms with Gasteiger partial charge in [0, 0.05) is 17.0 Å². The van der Waals surface area contributed by atoms with E-state index in [1.165, 1.54) is 12.1 Å². The van der Waals surface area contributed by atoms with Crippen molar-refractivity contribution in [3.8, 4) is 0 Å². The van der Waals surface area contributed by atoms with E-state index in [4.69, 9.17) is 16.3 Å². The zero-order valence-corrected chi connectivity index (χ0v) is 10.5. The number of hydrogen-bond acceptors (Lipinski definition) is 2. The molecule has 1 fully saturated rings. The standard InChI is InChI=1S/C13H16ClFO2/c1-9-13(8-16,4-5-17-9)7-10-6-11(15)2-3-12(10)14/h2-3,6,9,16H,4-5,7-8H2,1H3. The van der Waals surface area contributed by atoms with Gasteiger partial charge in [0.05, 0.1) is 12.7 Å². The van der Waals surface area contributed by atoms with Crippen LogP contribution in [0.2, 0.25) is 5.02 Å². The Balaban J connectivity index is 2.27. The molecule has 2 nitrogen and oxygen atoms in total. The summed E-state index contributed by atoms with van der Waals surface area (Å²) in [5.74, 6) is -0.302. The van der Waals surface area contributed by atoms with E-state index in [9.17, 15) is 9.50 Å². The molecule has 0 amide bonds. The summed E-state index contributed by atoms with van der Waals surface area (Å²) in [4.78, 5) is 0. The number of benzene rings is 1. The van der Waals surface area contributed by atoms with Gasteiger partial charge in [0.1, 0.15) is 5.82 Å². The van der Waals surface area contributed by atoms with Gasteiger partial charge < -0.3 is 9.84 Å². The first-order chi connectivity index (χ1) is 8.07. The van der Waals surface area contributed by atoms with Gasteiger partial charge in [-0.25, -0.2) is 4.39 Å². The monoisotopic (exact) mass is 258 g/mol. The Morgan fingerprint density at radius 1 is 1.59 bits per heavy atom. The summed E-state index contributed by atoms with van der Waals surface area (Å²) < 4.78 is 18.7. The first-order valence-electron chi connectivity index (χ1n) is 5.74. The van der Waals surface area contributed by atoms with Crippen molar-refractivity contribution >= 4 is 11.6 Å². The smallest absolute Gasteiger partial charge is 0.123 e. The fourth-order valence-corrected chi connectivity index (χ4v) is 2.56. The van der Waals surface area contributed by atoms with Crippen molar-refractivity contribution in [2.24, 2.45) is 5.41 Å². The number of halogens is 2. The third kappa shape index (κ3) is 2.46. The van der Waals surface area contributed by atoms with Crippen LogP contribution in [-0.2, 0) is 11.2 Å². The van der Waals surface area contributed by atoms with Crippen molar-refractivity contribution in [1.29, 1.82) is 0 Å². The Morgan fingerprint density at radius 2 is 2.35 bits per heavy atom. The molecule has 94 valence electrons. The van der Waals surface area contributed by atoms with E-state index in [2.05, 4.69) is 0 Å². The second-order valence-corrected chi connectivity index (χ2v) is 5.10. The minimum atomic E-state index is -0.336. The zero-order valence-electron chi connectivity index (χ0n) is 9.75. The average molecular weight is 259 g/mol. The molecule has 0 saturated carbocycles. The Bertz CT molecular complexity index is 410. The van der Waals surface area contributed by atoms with Crippen molar-refractivity contribution in [3.63, 3.8) is 0 Å². The van der Waals surface area contributed by atoms with E-state index < -0.39 is 0 Å². The summed E-state index contributed by atoms with van der Waals surface area (Å²) in [6.45, 7) is 2.60. The Hall–Kier alpha value is -0.640. The van der Waals surface area contributed by atoms with Gasteiger partial charge in [-0.2, -0.15) is 0 Å². The highest BCUT2D eigenvalue weighted by Gasteiger charge is 2.41. The first kappa shape index (κ1) is 12.8. The average Bonchev–Trinajstić information content (AvgIpc) is 2.66. The highest BCUT2D eigenvalue weighted by atomic mass is 35.5. The minimum Gasteiger partial charge on any atom is -0.396 e. The van der Waals surface area contributed by atoms with E-state index in [1.54, 1.807) is 6.07 Å². The van der Waals surface area contributed by atoms with Crippen molar-refractivity contribution in [2.75, 3.05) is 13.2 Å². The van der Waals surface area contributed by atoms with Gasteiger partial charge in [-0.3, -0.25) is 0 Å². The van der Waals surface area contributed by atoms with Crippen LogP contribution < -0.4 is 0 Å². The molecule has 2 unspecified atom stereocenters. The molecule has 17 heavy (non-hydrogen) atoms. The van der Waals surface area contributed by atoms with Crippen molar-refractivity contribution < 1.29 is 14.2 Å². The molecule has 0 aromatic heterocycles. The Morgan fingerprint density at radius 3 is 2.94 bits per heavy atom. The van der Waals surface area contributed by atoms with Crippen LogP contribution in [0.5, 0.6) is 0 Å². The number of rotatable bonds is 3. The van der Waals surface area contributed by atoms with Crippen LogP contribution in [0.3, 0.4) is 0 Å². The van der Waals surface area contributed by atoms with E-state index in [1.807, 2.05) is 6.92 Å². The molecule has 1 N–H and O–H groups in total. The van der Waals surface area contributed by atoms with E-state index >= 15 is 0 Å². The molecule has 0 aliphatic carbocycles. The molecule has 0 spiro atoms. The largest absolute Gasteiger partial charge is 0.396 e. The van der Waals surface area contributed by atoms with Crippen LogP contribution in [-0.4, -0.2) is 24.4 Å². The molecular formula is C13H16ClFO2. The molecule has 1 aromatic carbocycles. The molecule has 1 aromatic rings. The Kier molecular flexibility index (Phi) is 3.71. The predicted octanol–water partition coefficient (Wildman–Crippen LogP) is 2.81. The summed E-state index contributed by atoms with van der Waals surface area (Å²) in [5, 5.41) is 10.1. The fourth-order valence-electron chi connectivity index (χ4n) is 2.37. The van der Waals surface area contributed by atoms with Gasteiger partial charge in [-0.05, 0) is 43.5 Å². The van der Waals surface area contributed by atoms with Crippen LogP contribution in [0.4, 0.5) is 4.39 Å². The van der Waals surface area contributed by atoms with E-state index in [0.29, 0.717) is 18.1 Å². The fraction of sp³-hybridized carbons (Fsp3) is 0.538. The highest BCUT2D eigenvalue weighted by molar-refractivity contribution is 6.31. The lowest BCUT2D eigenvalue weighted by atomic mass is 9.77. The molecular weight excluding hydrogens is 243 g/mol. The molecule has 0 bridgehead atoms. The van der Waals surface area contributed by atoms with Crippen LogP contribution in [0.25, 0.3) is 0 Å². The van der Waals surface area contributed by atoms with Gasteiger partial charge in [0.15, 0.2) is 0 Å². The number of hydrogen-bond donors (Lipinski definition) is 1. The normalized spacial score (nSPS) is 28.6. The van der Waals surface area contributed by atoms with Gasteiger partial charge in [0.2, 0.25) is 0 Å². The van der Waals surface area contributed by atoms with E-state index in [0.717, 1.165) is 12.0 Å². The summed E-state index contributed by atoms with van der Waals surface area (Å²) >= 11 is 6.05. The lowest BCUT2D eigenvalue weighted by molar-refractivity contribution is 0.0272. The summed E-state index contributed by atoms with van der Waals surface area (Å²) in [6.07, 6.45) is 1.28. The second-order valence-electron chi connectivity index (χ2n) is 4.70. The SMILES string of the molecule is CC1OCCC1(CO)Cc1cc(F)ccc1Cl. The zero-order chi connectivity index (χ0) is 12.5. The summed E-state index contributed by atoms with van der Waals surface area (Å²) in [5.41, 5.74) is 0.398. The maximum Gasteiger partial charge on any atom is 0.123 e. The number of ether oxygens (including phenoxy) is 1. The Labute approximate surface area is 105 Å². The lowest BCUT2D eigenvalue weighted by Gasteiger charge is -2.30. The predicted molar refractivity (Wildman–Crippen MR) is 64.7 cm³/mol. The van der Waals surface area contributed by atoms with Gasteiger partial charge in [-0.1, -0.05) is 11.6 Å². The molecule has 4 heteroatoms. The third-order valence-corrected chi connectivity index (χ3v) is 4.06.